The Morgan fingerprint density at radius 2 is 2.11 bits per heavy atom. The summed E-state index contributed by atoms with van der Waals surface area (Å²) in [6.07, 6.45) is -4.53. The van der Waals surface area contributed by atoms with E-state index in [1.54, 1.807) is 6.92 Å². The molecule has 0 radical (unpaired) electrons. The van der Waals surface area contributed by atoms with Crippen LogP contribution in [-0.2, 0) is 15.7 Å². The molecule has 1 aromatic carbocycles. The molecule has 0 spiro atoms. The Hall–Kier alpha value is -1.43. The molecule has 7 heteroatoms. The number of alkyl halides is 3. The summed E-state index contributed by atoms with van der Waals surface area (Å²) in [5, 5.41) is 2.15. The first kappa shape index (κ1) is 14.6. The number of benzene rings is 1. The van der Waals surface area contributed by atoms with Crippen molar-refractivity contribution in [1.82, 2.24) is 0 Å². The first-order chi connectivity index (χ1) is 8.34. The molecular weight excluding hydrogens is 271 g/mol. The third-order valence-corrected chi connectivity index (χ3v) is 2.34. The van der Waals surface area contributed by atoms with Gasteiger partial charge in [0.2, 0.25) is 0 Å². The minimum atomic E-state index is -4.53. The van der Waals surface area contributed by atoms with Crippen molar-refractivity contribution in [2.45, 2.75) is 13.1 Å². The summed E-state index contributed by atoms with van der Waals surface area (Å²) in [5.74, 6) is -0.541. The summed E-state index contributed by atoms with van der Waals surface area (Å²) in [6.45, 7) is 1.66. The van der Waals surface area contributed by atoms with Crippen molar-refractivity contribution in [2.75, 3.05) is 18.5 Å². The van der Waals surface area contributed by atoms with Crippen molar-refractivity contribution >= 4 is 23.3 Å². The first-order valence-electron chi connectivity index (χ1n) is 5.11. The van der Waals surface area contributed by atoms with Gasteiger partial charge < -0.3 is 10.1 Å². The number of halogens is 4. The maximum Gasteiger partial charge on any atom is 0.417 e. The number of hydrogen-bond donors (Lipinski definition) is 1. The van der Waals surface area contributed by atoms with Crippen LogP contribution in [0.1, 0.15) is 12.5 Å². The Bertz CT molecular complexity index is 435. The van der Waals surface area contributed by atoms with E-state index in [0.29, 0.717) is 0 Å². The SMILES string of the molecule is CCOC(=O)CNc1ccc(Cl)c(C(F)(F)F)c1. The zero-order valence-electron chi connectivity index (χ0n) is 9.47. The predicted octanol–water partition coefficient (Wildman–Crippen LogP) is 3.33. The lowest BCUT2D eigenvalue weighted by Gasteiger charge is -2.12. The van der Waals surface area contributed by atoms with Crippen molar-refractivity contribution in [1.29, 1.82) is 0 Å². The van der Waals surface area contributed by atoms with Crippen molar-refractivity contribution < 1.29 is 22.7 Å². The van der Waals surface area contributed by atoms with Gasteiger partial charge in [0.05, 0.1) is 17.2 Å². The van der Waals surface area contributed by atoms with Gasteiger partial charge in [0.25, 0.3) is 0 Å². The lowest BCUT2D eigenvalue weighted by atomic mass is 10.2. The van der Waals surface area contributed by atoms with Crippen LogP contribution in [0.25, 0.3) is 0 Å². The van der Waals surface area contributed by atoms with Gasteiger partial charge in [0.1, 0.15) is 6.54 Å². The van der Waals surface area contributed by atoms with Crippen molar-refractivity contribution in [3.8, 4) is 0 Å². The smallest absolute Gasteiger partial charge is 0.417 e. The number of nitrogens with one attached hydrogen (secondary N) is 1. The van der Waals surface area contributed by atoms with Gasteiger partial charge in [-0.1, -0.05) is 11.6 Å². The van der Waals surface area contributed by atoms with E-state index in [0.717, 1.165) is 12.1 Å². The molecular formula is C11H11ClF3NO2. The Kier molecular flexibility index (Phi) is 4.84. The second-order valence-electron chi connectivity index (χ2n) is 3.35. The van der Waals surface area contributed by atoms with Crippen LogP contribution in [-0.4, -0.2) is 19.1 Å². The molecule has 0 unspecified atom stereocenters. The summed E-state index contributed by atoms with van der Waals surface area (Å²) in [6, 6.07) is 3.33. The highest BCUT2D eigenvalue weighted by atomic mass is 35.5. The van der Waals surface area contributed by atoms with Crippen LogP contribution in [0.4, 0.5) is 18.9 Å². The maximum atomic E-state index is 12.5. The first-order valence-corrected chi connectivity index (χ1v) is 5.48. The van der Waals surface area contributed by atoms with E-state index in [-0.39, 0.29) is 23.9 Å². The Labute approximate surface area is 107 Å². The summed E-state index contributed by atoms with van der Waals surface area (Å²) in [5.41, 5.74) is -0.794. The number of anilines is 1. The van der Waals surface area contributed by atoms with Crippen LogP contribution >= 0.6 is 11.6 Å². The largest absolute Gasteiger partial charge is 0.465 e. The molecule has 0 aliphatic heterocycles. The van der Waals surface area contributed by atoms with E-state index in [1.165, 1.54) is 6.07 Å². The van der Waals surface area contributed by atoms with Crippen LogP contribution in [0.2, 0.25) is 5.02 Å². The number of carbonyl (C=O) groups excluding carboxylic acids is 1. The summed E-state index contributed by atoms with van der Waals surface area (Å²) in [4.78, 5) is 11.0. The fourth-order valence-electron chi connectivity index (χ4n) is 1.24. The second-order valence-corrected chi connectivity index (χ2v) is 3.76. The normalized spacial score (nSPS) is 11.2. The highest BCUT2D eigenvalue weighted by Gasteiger charge is 2.33. The van der Waals surface area contributed by atoms with Gasteiger partial charge in [-0.2, -0.15) is 13.2 Å². The van der Waals surface area contributed by atoms with Crippen molar-refractivity contribution in [2.24, 2.45) is 0 Å². The molecule has 0 heterocycles. The molecule has 3 nitrogen and oxygen atoms in total. The molecule has 18 heavy (non-hydrogen) atoms. The van der Waals surface area contributed by atoms with E-state index in [1.807, 2.05) is 0 Å². The Balaban J connectivity index is 2.77. The molecule has 100 valence electrons. The summed E-state index contributed by atoms with van der Waals surface area (Å²) >= 11 is 5.45. The standard InChI is InChI=1S/C11H11ClF3NO2/c1-2-18-10(17)6-16-7-3-4-9(12)8(5-7)11(13,14)15/h3-5,16H,2,6H2,1H3. The molecule has 0 fully saturated rings. The number of ether oxygens (including phenoxy) is 1. The van der Waals surface area contributed by atoms with Gasteiger partial charge in [0.15, 0.2) is 0 Å². The van der Waals surface area contributed by atoms with E-state index in [4.69, 9.17) is 11.6 Å². The zero-order chi connectivity index (χ0) is 13.8. The quantitative estimate of drug-likeness (QED) is 0.860. The van der Waals surface area contributed by atoms with E-state index >= 15 is 0 Å². The molecule has 0 saturated heterocycles. The van der Waals surface area contributed by atoms with E-state index < -0.39 is 17.7 Å². The van der Waals surface area contributed by atoms with Gasteiger partial charge >= 0.3 is 12.1 Å². The molecule has 0 aliphatic rings. The van der Waals surface area contributed by atoms with Crippen LogP contribution in [0, 0.1) is 0 Å². The lowest BCUT2D eigenvalue weighted by Crippen LogP contribution is -2.17. The summed E-state index contributed by atoms with van der Waals surface area (Å²) < 4.78 is 42.3. The molecule has 1 N–H and O–H groups in total. The topological polar surface area (TPSA) is 38.3 Å². The minimum Gasteiger partial charge on any atom is -0.465 e. The molecule has 1 aromatic rings. The van der Waals surface area contributed by atoms with Gasteiger partial charge in [0, 0.05) is 5.69 Å². The number of esters is 1. The molecule has 0 aliphatic carbocycles. The number of carbonyl (C=O) groups is 1. The monoisotopic (exact) mass is 281 g/mol. The lowest BCUT2D eigenvalue weighted by molar-refractivity contribution is -0.141. The van der Waals surface area contributed by atoms with Gasteiger partial charge in [-0.15, -0.1) is 0 Å². The minimum absolute atomic E-state index is 0.153. The highest BCUT2D eigenvalue weighted by Crippen LogP contribution is 2.36. The average molecular weight is 282 g/mol. The van der Waals surface area contributed by atoms with Gasteiger partial charge in [-0.3, -0.25) is 4.79 Å². The van der Waals surface area contributed by atoms with Crippen molar-refractivity contribution in [3.63, 3.8) is 0 Å². The summed E-state index contributed by atoms with van der Waals surface area (Å²) in [7, 11) is 0. The molecule has 0 atom stereocenters. The van der Waals surface area contributed by atoms with E-state index in [2.05, 4.69) is 10.1 Å². The molecule has 0 bridgehead atoms. The fraction of sp³-hybridized carbons (Fsp3) is 0.364. The van der Waals surface area contributed by atoms with Crippen LogP contribution in [0.3, 0.4) is 0 Å². The highest BCUT2D eigenvalue weighted by molar-refractivity contribution is 6.31. The van der Waals surface area contributed by atoms with Crippen LogP contribution in [0.15, 0.2) is 18.2 Å². The zero-order valence-corrected chi connectivity index (χ0v) is 10.2. The molecule has 0 amide bonds. The second kappa shape index (κ2) is 5.95. The molecule has 1 rings (SSSR count). The third-order valence-electron chi connectivity index (χ3n) is 2.01. The van der Waals surface area contributed by atoms with Gasteiger partial charge in [-0.25, -0.2) is 0 Å². The van der Waals surface area contributed by atoms with E-state index in [9.17, 15) is 18.0 Å². The molecule has 0 aromatic heterocycles. The number of rotatable bonds is 4. The third kappa shape index (κ3) is 4.10. The number of hydrogen-bond acceptors (Lipinski definition) is 3. The van der Waals surface area contributed by atoms with Crippen LogP contribution < -0.4 is 5.32 Å². The molecule has 0 saturated carbocycles. The van der Waals surface area contributed by atoms with Gasteiger partial charge in [-0.05, 0) is 25.1 Å². The Morgan fingerprint density at radius 3 is 2.67 bits per heavy atom. The van der Waals surface area contributed by atoms with Crippen LogP contribution in [0.5, 0.6) is 0 Å². The average Bonchev–Trinajstić information content (AvgIpc) is 2.27. The fourth-order valence-corrected chi connectivity index (χ4v) is 1.46. The van der Waals surface area contributed by atoms with Crippen molar-refractivity contribution in [3.05, 3.63) is 28.8 Å². The predicted molar refractivity (Wildman–Crippen MR) is 61.6 cm³/mol. The Morgan fingerprint density at radius 1 is 1.44 bits per heavy atom. The maximum absolute atomic E-state index is 12.5.